The van der Waals surface area contributed by atoms with Crippen molar-refractivity contribution >= 4 is 29.0 Å². The summed E-state index contributed by atoms with van der Waals surface area (Å²) in [6.45, 7) is 2.23. The van der Waals surface area contributed by atoms with Crippen LogP contribution < -0.4 is 10.5 Å². The van der Waals surface area contributed by atoms with Gasteiger partial charge >= 0.3 is 0 Å². The first kappa shape index (κ1) is 15.2. The zero-order chi connectivity index (χ0) is 14.6. The molecule has 1 aromatic heterocycles. The zero-order valence-electron chi connectivity index (χ0n) is 12.9. The summed E-state index contributed by atoms with van der Waals surface area (Å²) in [6.07, 6.45) is 5.78. The average Bonchev–Trinajstić information content (AvgIpc) is 2.46. The molecule has 0 saturated carbocycles. The number of hydrogen-bond donors (Lipinski definition) is 1. The molecule has 2 bridgehead atoms. The van der Waals surface area contributed by atoms with Crippen molar-refractivity contribution in [2.24, 2.45) is 5.92 Å². The van der Waals surface area contributed by atoms with Crippen LogP contribution in [0.25, 0.3) is 10.9 Å². The van der Waals surface area contributed by atoms with Crippen molar-refractivity contribution in [3.05, 3.63) is 41.1 Å². The highest BCUT2D eigenvalue weighted by Gasteiger charge is 2.32. The van der Waals surface area contributed by atoms with Gasteiger partial charge in [-0.1, -0.05) is 11.6 Å². The number of hydrogen-bond acceptors (Lipinski definition) is 3. The van der Waals surface area contributed by atoms with Crippen LogP contribution in [0.4, 0.5) is 5.69 Å². The molecular formula is C18H21ClN2O. The van der Waals surface area contributed by atoms with E-state index in [1.54, 1.807) is 7.11 Å². The van der Waals surface area contributed by atoms with Crippen molar-refractivity contribution in [3.8, 4) is 5.75 Å². The number of fused-ring (bicyclic) bond motifs is 5. The number of aromatic nitrogens is 1. The third kappa shape index (κ3) is 2.24. The van der Waals surface area contributed by atoms with Crippen LogP contribution in [-0.2, 0) is 6.42 Å². The first-order chi connectivity index (χ1) is 10.2. The molecule has 1 heterocycles. The van der Waals surface area contributed by atoms with E-state index >= 15 is 0 Å². The van der Waals surface area contributed by atoms with Crippen molar-refractivity contribution in [2.45, 2.75) is 32.1 Å². The Morgan fingerprint density at radius 2 is 2.09 bits per heavy atom. The normalized spacial score (nSPS) is 22.5. The van der Waals surface area contributed by atoms with Crippen LogP contribution in [0.3, 0.4) is 0 Å². The van der Waals surface area contributed by atoms with Gasteiger partial charge in [-0.05, 0) is 56.2 Å². The number of benzene rings is 1. The van der Waals surface area contributed by atoms with E-state index in [4.69, 9.17) is 15.5 Å². The molecule has 2 N–H and O–H groups in total. The Bertz CT molecular complexity index is 769. The molecule has 4 heteroatoms. The standard InChI is InChI=1S/C18H20N2O.ClH/c1-10-5-11-7-12(6-10)17-16(8-11)20-15-4-3-13(21-2)9-14(15)18(17)19;/h3-5,9,11-12H,6-8H2,1-2H3,(H2,19,20);1H. The van der Waals surface area contributed by atoms with E-state index in [-0.39, 0.29) is 12.4 Å². The predicted octanol–water partition coefficient (Wildman–Crippen LogP) is 4.24. The fourth-order valence-corrected chi connectivity index (χ4v) is 4.06. The molecule has 0 radical (unpaired) electrons. The first-order valence-corrected chi connectivity index (χ1v) is 7.59. The number of methoxy groups -OCH3 is 1. The highest BCUT2D eigenvalue weighted by atomic mass is 35.5. The molecule has 2 aromatic rings. The van der Waals surface area contributed by atoms with Crippen molar-refractivity contribution in [2.75, 3.05) is 12.8 Å². The lowest BCUT2D eigenvalue weighted by atomic mass is 9.71. The number of nitrogens with zero attached hydrogens (tertiary/aromatic N) is 1. The van der Waals surface area contributed by atoms with Gasteiger partial charge in [0.25, 0.3) is 0 Å². The molecule has 1 aromatic carbocycles. The smallest absolute Gasteiger partial charge is 0.119 e. The van der Waals surface area contributed by atoms with Crippen molar-refractivity contribution in [1.29, 1.82) is 0 Å². The number of nitrogens with two attached hydrogens (primary N) is 1. The van der Waals surface area contributed by atoms with Gasteiger partial charge in [-0.15, -0.1) is 12.4 Å². The molecule has 2 atom stereocenters. The second-order valence-electron chi connectivity index (χ2n) is 6.38. The molecule has 0 aliphatic heterocycles. The number of pyridine rings is 1. The maximum atomic E-state index is 6.53. The highest BCUT2D eigenvalue weighted by molar-refractivity contribution is 5.93. The minimum absolute atomic E-state index is 0. The van der Waals surface area contributed by atoms with Gasteiger partial charge in [0, 0.05) is 22.3 Å². The lowest BCUT2D eigenvalue weighted by molar-refractivity contribution is 0.415. The number of halogens is 1. The van der Waals surface area contributed by atoms with Crippen LogP contribution in [0.1, 0.15) is 36.9 Å². The zero-order valence-corrected chi connectivity index (χ0v) is 13.7. The fraction of sp³-hybridized carbons (Fsp3) is 0.389. The fourth-order valence-electron chi connectivity index (χ4n) is 4.06. The van der Waals surface area contributed by atoms with Crippen LogP contribution in [0, 0.1) is 5.92 Å². The van der Waals surface area contributed by atoms with Crippen molar-refractivity contribution in [1.82, 2.24) is 4.98 Å². The molecule has 2 unspecified atom stereocenters. The van der Waals surface area contributed by atoms with Gasteiger partial charge in [0.1, 0.15) is 5.75 Å². The monoisotopic (exact) mass is 316 g/mol. The van der Waals surface area contributed by atoms with Crippen molar-refractivity contribution in [3.63, 3.8) is 0 Å². The summed E-state index contributed by atoms with van der Waals surface area (Å²) in [5.41, 5.74) is 12.4. The van der Waals surface area contributed by atoms with Gasteiger partial charge in [0.2, 0.25) is 0 Å². The number of ether oxygens (including phenoxy) is 1. The molecule has 4 rings (SSSR count). The van der Waals surface area contributed by atoms with Gasteiger partial charge < -0.3 is 10.5 Å². The second-order valence-corrected chi connectivity index (χ2v) is 6.38. The Hall–Kier alpha value is -1.74. The molecule has 0 amide bonds. The summed E-state index contributed by atoms with van der Waals surface area (Å²) in [5.74, 6) is 2.01. The van der Waals surface area contributed by atoms with E-state index in [2.05, 4.69) is 13.0 Å². The summed E-state index contributed by atoms with van der Waals surface area (Å²) < 4.78 is 5.33. The quantitative estimate of drug-likeness (QED) is 0.800. The van der Waals surface area contributed by atoms with E-state index in [1.807, 2.05) is 18.2 Å². The van der Waals surface area contributed by atoms with E-state index in [0.717, 1.165) is 35.2 Å². The molecule has 0 fully saturated rings. The van der Waals surface area contributed by atoms with Gasteiger partial charge in [-0.3, -0.25) is 4.98 Å². The second kappa shape index (κ2) is 5.47. The molecular weight excluding hydrogens is 296 g/mol. The topological polar surface area (TPSA) is 48.1 Å². The summed E-state index contributed by atoms with van der Waals surface area (Å²) in [5, 5.41) is 1.03. The Balaban J connectivity index is 0.00000144. The summed E-state index contributed by atoms with van der Waals surface area (Å²) in [7, 11) is 1.68. The lowest BCUT2D eigenvalue weighted by Crippen LogP contribution is -2.24. The van der Waals surface area contributed by atoms with E-state index in [1.165, 1.54) is 23.3 Å². The molecule has 3 nitrogen and oxygen atoms in total. The number of rotatable bonds is 1. The molecule has 0 saturated heterocycles. The SMILES string of the molecule is COc1ccc2nc3c(c(N)c2c1)C1CC(C)=CC(C3)C1.Cl. The maximum Gasteiger partial charge on any atom is 0.119 e. The first-order valence-electron chi connectivity index (χ1n) is 7.59. The van der Waals surface area contributed by atoms with E-state index < -0.39 is 0 Å². The Labute approximate surface area is 137 Å². The number of anilines is 1. The third-order valence-electron chi connectivity index (χ3n) is 4.89. The largest absolute Gasteiger partial charge is 0.497 e. The molecule has 2 aliphatic rings. The van der Waals surface area contributed by atoms with E-state index in [9.17, 15) is 0 Å². The van der Waals surface area contributed by atoms with Crippen LogP contribution in [0.2, 0.25) is 0 Å². The maximum absolute atomic E-state index is 6.53. The lowest BCUT2D eigenvalue weighted by Gasteiger charge is -2.35. The minimum atomic E-state index is 0. The number of nitrogen functional groups attached to an aromatic ring is 1. The average molecular weight is 317 g/mol. The Morgan fingerprint density at radius 1 is 1.27 bits per heavy atom. The van der Waals surface area contributed by atoms with Gasteiger partial charge in [-0.25, -0.2) is 0 Å². The molecule has 2 aliphatic carbocycles. The van der Waals surface area contributed by atoms with Gasteiger partial charge in [0.15, 0.2) is 0 Å². The van der Waals surface area contributed by atoms with Crippen LogP contribution in [0.5, 0.6) is 5.75 Å². The van der Waals surface area contributed by atoms with Crippen LogP contribution >= 0.6 is 12.4 Å². The summed E-state index contributed by atoms with van der Waals surface area (Å²) in [4.78, 5) is 4.89. The predicted molar refractivity (Wildman–Crippen MR) is 92.9 cm³/mol. The van der Waals surface area contributed by atoms with Crippen molar-refractivity contribution < 1.29 is 4.74 Å². The molecule has 116 valence electrons. The van der Waals surface area contributed by atoms with E-state index in [0.29, 0.717) is 11.8 Å². The minimum Gasteiger partial charge on any atom is -0.497 e. The third-order valence-corrected chi connectivity index (χ3v) is 4.89. The highest BCUT2D eigenvalue weighted by Crippen LogP contribution is 2.46. The summed E-state index contributed by atoms with van der Waals surface area (Å²) >= 11 is 0. The van der Waals surface area contributed by atoms with Gasteiger partial charge in [0.05, 0.1) is 12.6 Å². The number of allylic oxidation sites excluding steroid dienone is 2. The Kier molecular flexibility index (Phi) is 3.77. The van der Waals surface area contributed by atoms with Crippen LogP contribution in [0.15, 0.2) is 29.8 Å². The van der Waals surface area contributed by atoms with Gasteiger partial charge in [-0.2, -0.15) is 0 Å². The Morgan fingerprint density at radius 3 is 2.86 bits per heavy atom. The van der Waals surface area contributed by atoms with Crippen LogP contribution in [-0.4, -0.2) is 12.1 Å². The molecule has 0 spiro atoms. The molecule has 22 heavy (non-hydrogen) atoms. The summed E-state index contributed by atoms with van der Waals surface area (Å²) in [6, 6.07) is 5.97.